The molecule has 2 fully saturated rings. The van der Waals surface area contributed by atoms with Gasteiger partial charge in [-0.1, -0.05) is 31.0 Å². The lowest BCUT2D eigenvalue weighted by molar-refractivity contribution is 0.515. The maximum absolute atomic E-state index is 4.83. The number of aromatic nitrogens is 4. The maximum Gasteiger partial charge on any atom is 0.190 e. The number of thioether (sulfide) groups is 1. The smallest absolute Gasteiger partial charge is 0.190 e. The number of hydrogen-bond acceptors (Lipinski definition) is 6. The van der Waals surface area contributed by atoms with Crippen LogP contribution < -0.4 is 5.32 Å². The number of rotatable bonds is 5. The van der Waals surface area contributed by atoms with E-state index in [1.54, 1.807) is 11.3 Å². The van der Waals surface area contributed by atoms with E-state index >= 15 is 0 Å². The molecule has 7 heteroatoms. The topological polar surface area (TPSA) is 66.5 Å². The van der Waals surface area contributed by atoms with Crippen molar-refractivity contribution in [3.8, 4) is 0 Å². The van der Waals surface area contributed by atoms with Crippen LogP contribution in [0.15, 0.2) is 22.7 Å². The average Bonchev–Trinajstić information content (AvgIpc) is 3.18. The van der Waals surface area contributed by atoms with Gasteiger partial charge in [0.2, 0.25) is 0 Å². The quantitative estimate of drug-likeness (QED) is 0.583. The molecule has 25 heavy (non-hydrogen) atoms. The standard InChI is InChI=1S/C18H21N5S2/c1-2-4-12(5-3-1)25-18-19-13-8-9-24-16(13)17(21-18)20-15-10-14(22-23-15)11-6-7-11/h8-12H,1-7H2,(H2,19,20,21,22,23). The predicted molar refractivity (Wildman–Crippen MR) is 104 cm³/mol. The predicted octanol–water partition coefficient (Wildman–Crippen LogP) is 5.46. The van der Waals surface area contributed by atoms with E-state index in [0.717, 1.165) is 27.0 Å². The molecule has 2 saturated carbocycles. The fourth-order valence-electron chi connectivity index (χ4n) is 3.44. The Hall–Kier alpha value is -1.60. The van der Waals surface area contributed by atoms with Crippen molar-refractivity contribution in [1.29, 1.82) is 0 Å². The molecule has 0 atom stereocenters. The number of nitrogens with zero attached hydrogens (tertiary/aromatic N) is 3. The molecule has 0 radical (unpaired) electrons. The van der Waals surface area contributed by atoms with E-state index in [1.807, 2.05) is 11.8 Å². The van der Waals surface area contributed by atoms with Gasteiger partial charge in [-0.25, -0.2) is 9.97 Å². The first-order valence-corrected chi connectivity index (χ1v) is 10.9. The van der Waals surface area contributed by atoms with Gasteiger partial charge in [-0.05, 0) is 37.1 Å². The number of H-pyrrole nitrogens is 1. The number of fused-ring (bicyclic) bond motifs is 1. The zero-order valence-corrected chi connectivity index (χ0v) is 15.6. The van der Waals surface area contributed by atoms with E-state index in [2.05, 4.69) is 33.0 Å². The lowest BCUT2D eigenvalue weighted by atomic mass is 10.0. The van der Waals surface area contributed by atoms with E-state index in [0.29, 0.717) is 11.2 Å². The van der Waals surface area contributed by atoms with Crippen molar-refractivity contribution in [3.63, 3.8) is 0 Å². The Morgan fingerprint density at radius 3 is 2.84 bits per heavy atom. The van der Waals surface area contributed by atoms with E-state index in [9.17, 15) is 0 Å². The molecular formula is C18H21N5S2. The van der Waals surface area contributed by atoms with Crippen molar-refractivity contribution in [2.75, 3.05) is 5.32 Å². The van der Waals surface area contributed by atoms with E-state index in [4.69, 9.17) is 9.97 Å². The highest BCUT2D eigenvalue weighted by molar-refractivity contribution is 7.99. The number of nitrogens with one attached hydrogen (secondary N) is 2. The summed E-state index contributed by atoms with van der Waals surface area (Å²) in [6, 6.07) is 4.20. The van der Waals surface area contributed by atoms with Crippen LogP contribution in [0, 0.1) is 0 Å². The molecule has 0 amide bonds. The molecule has 3 heterocycles. The summed E-state index contributed by atoms with van der Waals surface area (Å²) in [5.41, 5.74) is 2.26. The van der Waals surface area contributed by atoms with Crippen molar-refractivity contribution < 1.29 is 0 Å². The Labute approximate surface area is 155 Å². The monoisotopic (exact) mass is 371 g/mol. The summed E-state index contributed by atoms with van der Waals surface area (Å²) in [5, 5.41) is 14.6. The molecule has 3 aromatic heterocycles. The lowest BCUT2D eigenvalue weighted by Crippen LogP contribution is -2.09. The molecule has 0 aromatic carbocycles. The highest BCUT2D eigenvalue weighted by atomic mass is 32.2. The Kier molecular flexibility index (Phi) is 4.13. The molecule has 0 spiro atoms. The van der Waals surface area contributed by atoms with Gasteiger partial charge in [-0.2, -0.15) is 5.10 Å². The van der Waals surface area contributed by atoms with Gasteiger partial charge < -0.3 is 5.32 Å². The van der Waals surface area contributed by atoms with Gasteiger partial charge in [-0.3, -0.25) is 5.10 Å². The molecule has 2 N–H and O–H groups in total. The van der Waals surface area contributed by atoms with Crippen molar-refractivity contribution in [2.24, 2.45) is 0 Å². The van der Waals surface area contributed by atoms with Gasteiger partial charge in [0, 0.05) is 22.9 Å². The summed E-state index contributed by atoms with van der Waals surface area (Å²) >= 11 is 3.52. The van der Waals surface area contributed by atoms with Gasteiger partial charge in [-0.15, -0.1) is 11.3 Å². The van der Waals surface area contributed by atoms with Gasteiger partial charge in [0.1, 0.15) is 0 Å². The van der Waals surface area contributed by atoms with Gasteiger partial charge in [0.05, 0.1) is 10.2 Å². The second-order valence-electron chi connectivity index (χ2n) is 6.98. The first-order valence-electron chi connectivity index (χ1n) is 9.09. The molecule has 130 valence electrons. The fourth-order valence-corrected chi connectivity index (χ4v) is 5.38. The zero-order valence-electron chi connectivity index (χ0n) is 14.0. The summed E-state index contributed by atoms with van der Waals surface area (Å²) in [4.78, 5) is 9.60. The Bertz CT molecular complexity index is 877. The van der Waals surface area contributed by atoms with Gasteiger partial charge in [0.15, 0.2) is 16.8 Å². The Morgan fingerprint density at radius 2 is 2.00 bits per heavy atom. The Morgan fingerprint density at radius 1 is 1.12 bits per heavy atom. The first kappa shape index (κ1) is 15.6. The molecule has 5 nitrogen and oxygen atoms in total. The molecule has 2 aliphatic rings. The SMILES string of the molecule is c1cc2nc(SC3CCCCC3)nc(Nc3cc(C4CC4)[nH]n3)c2s1. The zero-order chi connectivity index (χ0) is 16.6. The van der Waals surface area contributed by atoms with Crippen molar-refractivity contribution in [3.05, 3.63) is 23.2 Å². The van der Waals surface area contributed by atoms with Gasteiger partial charge in [0.25, 0.3) is 0 Å². The number of aromatic amines is 1. The fraction of sp³-hybridized carbons (Fsp3) is 0.500. The highest BCUT2D eigenvalue weighted by Gasteiger charge is 2.25. The third-order valence-corrected chi connectivity index (χ3v) is 7.08. The molecular weight excluding hydrogens is 350 g/mol. The van der Waals surface area contributed by atoms with Crippen LogP contribution in [0.25, 0.3) is 10.2 Å². The summed E-state index contributed by atoms with van der Waals surface area (Å²) < 4.78 is 1.10. The van der Waals surface area contributed by atoms with Crippen molar-refractivity contribution >= 4 is 45.0 Å². The minimum atomic E-state index is 0.657. The van der Waals surface area contributed by atoms with Crippen LogP contribution in [0.1, 0.15) is 56.6 Å². The van der Waals surface area contributed by atoms with E-state index < -0.39 is 0 Å². The number of anilines is 2. The van der Waals surface area contributed by atoms with Crippen LogP contribution in [0.5, 0.6) is 0 Å². The van der Waals surface area contributed by atoms with Crippen LogP contribution in [0.2, 0.25) is 0 Å². The van der Waals surface area contributed by atoms with Crippen molar-refractivity contribution in [1.82, 2.24) is 20.2 Å². The number of thiophene rings is 1. The minimum absolute atomic E-state index is 0.657. The molecule has 0 bridgehead atoms. The highest BCUT2D eigenvalue weighted by Crippen LogP contribution is 2.40. The van der Waals surface area contributed by atoms with Crippen LogP contribution in [0.3, 0.4) is 0 Å². The molecule has 0 aliphatic heterocycles. The van der Waals surface area contributed by atoms with E-state index in [-0.39, 0.29) is 0 Å². The third kappa shape index (κ3) is 3.40. The summed E-state index contributed by atoms with van der Waals surface area (Å²) in [6.07, 6.45) is 9.14. The summed E-state index contributed by atoms with van der Waals surface area (Å²) in [7, 11) is 0. The average molecular weight is 372 g/mol. The van der Waals surface area contributed by atoms with Crippen LogP contribution >= 0.6 is 23.1 Å². The van der Waals surface area contributed by atoms with Crippen LogP contribution in [-0.4, -0.2) is 25.4 Å². The second-order valence-corrected chi connectivity index (χ2v) is 9.16. The molecule has 5 rings (SSSR count). The summed E-state index contributed by atoms with van der Waals surface area (Å²) in [6.45, 7) is 0. The van der Waals surface area contributed by atoms with Crippen LogP contribution in [0.4, 0.5) is 11.6 Å². The number of hydrogen-bond donors (Lipinski definition) is 2. The van der Waals surface area contributed by atoms with Gasteiger partial charge >= 0.3 is 0 Å². The molecule has 0 saturated heterocycles. The second kappa shape index (κ2) is 6.61. The Balaban J connectivity index is 1.42. The third-order valence-electron chi connectivity index (χ3n) is 4.97. The normalized spacial score (nSPS) is 18.7. The molecule has 3 aromatic rings. The first-order chi connectivity index (χ1) is 12.3. The van der Waals surface area contributed by atoms with Crippen molar-refractivity contribution in [2.45, 2.75) is 61.3 Å². The summed E-state index contributed by atoms with van der Waals surface area (Å²) in [5.74, 6) is 2.41. The largest absolute Gasteiger partial charge is 0.322 e. The molecule has 0 unspecified atom stereocenters. The minimum Gasteiger partial charge on any atom is -0.322 e. The molecule has 2 aliphatic carbocycles. The maximum atomic E-state index is 4.83. The lowest BCUT2D eigenvalue weighted by Gasteiger charge is -2.20. The van der Waals surface area contributed by atoms with Crippen LogP contribution in [-0.2, 0) is 0 Å². The van der Waals surface area contributed by atoms with E-state index in [1.165, 1.54) is 50.6 Å².